The maximum absolute atomic E-state index is 13.3. The molecule has 2 fully saturated rings. The van der Waals surface area contributed by atoms with E-state index in [-0.39, 0.29) is 32.2 Å². The average molecular weight is 589 g/mol. The van der Waals surface area contributed by atoms with Gasteiger partial charge in [0.15, 0.2) is 21.1 Å². The smallest absolute Gasteiger partial charge is 0.340 e. The lowest BCUT2D eigenvalue weighted by atomic mass is 10.1. The summed E-state index contributed by atoms with van der Waals surface area (Å²) in [6.45, 7) is 0.806. The van der Waals surface area contributed by atoms with Crippen molar-refractivity contribution in [1.82, 2.24) is 4.98 Å². The van der Waals surface area contributed by atoms with Gasteiger partial charge in [-0.05, 0) is 49.1 Å². The van der Waals surface area contributed by atoms with Crippen molar-refractivity contribution in [3.05, 3.63) is 65.4 Å². The molecule has 210 valence electrons. The van der Waals surface area contributed by atoms with E-state index >= 15 is 0 Å². The molecule has 1 amide bonds. The van der Waals surface area contributed by atoms with E-state index in [1.165, 1.54) is 30.5 Å². The van der Waals surface area contributed by atoms with Crippen LogP contribution in [0.25, 0.3) is 0 Å². The number of carboxylic acids is 2. The Labute approximate surface area is 232 Å². The highest BCUT2D eigenvalue weighted by Gasteiger charge is 2.37. The highest BCUT2D eigenvalue weighted by atomic mass is 32.2. The molecular formula is C26H24N2O10S2. The van der Waals surface area contributed by atoms with Gasteiger partial charge >= 0.3 is 11.9 Å². The second-order valence-electron chi connectivity index (χ2n) is 9.18. The molecule has 1 aliphatic heterocycles. The highest BCUT2D eigenvalue weighted by molar-refractivity contribution is 7.92. The molecule has 3 aromatic rings. The number of ether oxygens (including phenoxy) is 3. The standard InChI is InChI=1S/C26H24N2O10S2/c29-23(28-26-27-12-20(39-26)38-19-3-1-2-18(24(30)31)21(19)25(32)33)22(37-15-10-11-36-13-15)14-4-6-16(7-5-14)40(34,35)17-8-9-17/h1-7,12,15,17,22H,8-11,13H2,(H,30,31)(H,32,33)(H,27,28,29)/t15-,22?/m1/s1. The Balaban J connectivity index is 1.34. The molecule has 1 saturated carbocycles. The van der Waals surface area contributed by atoms with Crippen LogP contribution >= 0.6 is 11.3 Å². The number of rotatable bonds is 11. The molecule has 2 heterocycles. The summed E-state index contributed by atoms with van der Waals surface area (Å²) in [7, 11) is -3.39. The number of aromatic nitrogens is 1. The van der Waals surface area contributed by atoms with Crippen molar-refractivity contribution in [2.75, 3.05) is 18.5 Å². The Hall–Kier alpha value is -3.85. The van der Waals surface area contributed by atoms with Crippen molar-refractivity contribution in [3.8, 4) is 10.8 Å². The molecule has 3 N–H and O–H groups in total. The van der Waals surface area contributed by atoms with Gasteiger partial charge in [0.1, 0.15) is 11.3 Å². The van der Waals surface area contributed by atoms with Crippen LogP contribution in [0.2, 0.25) is 0 Å². The molecule has 14 heteroatoms. The van der Waals surface area contributed by atoms with Crippen LogP contribution < -0.4 is 10.1 Å². The quantitative estimate of drug-likeness (QED) is 0.297. The zero-order valence-electron chi connectivity index (χ0n) is 20.8. The number of amides is 1. The molecule has 2 aliphatic rings. The number of hydrogen-bond acceptors (Lipinski definition) is 10. The van der Waals surface area contributed by atoms with Crippen LogP contribution in [-0.2, 0) is 24.1 Å². The molecule has 0 bridgehead atoms. The Morgan fingerprint density at radius 1 is 1.05 bits per heavy atom. The number of anilines is 1. The van der Waals surface area contributed by atoms with E-state index in [4.69, 9.17) is 14.2 Å². The van der Waals surface area contributed by atoms with E-state index < -0.39 is 44.9 Å². The van der Waals surface area contributed by atoms with E-state index in [9.17, 15) is 33.0 Å². The van der Waals surface area contributed by atoms with E-state index in [0.717, 1.165) is 17.4 Å². The van der Waals surface area contributed by atoms with Crippen LogP contribution in [0.4, 0.5) is 5.13 Å². The van der Waals surface area contributed by atoms with Gasteiger partial charge in [-0.1, -0.05) is 29.5 Å². The Bertz CT molecular complexity index is 1540. The van der Waals surface area contributed by atoms with Crippen LogP contribution in [-0.4, -0.2) is 66.0 Å². The molecule has 40 heavy (non-hydrogen) atoms. The summed E-state index contributed by atoms with van der Waals surface area (Å²) in [5, 5.41) is 21.3. The zero-order valence-corrected chi connectivity index (χ0v) is 22.4. The number of carbonyl (C=O) groups excluding carboxylic acids is 1. The summed E-state index contributed by atoms with van der Waals surface area (Å²) in [4.78, 5) is 40.7. The fraction of sp³-hybridized carbons (Fsp3) is 0.308. The summed E-state index contributed by atoms with van der Waals surface area (Å²) in [6, 6.07) is 9.86. The maximum Gasteiger partial charge on any atom is 0.340 e. The van der Waals surface area contributed by atoms with Gasteiger partial charge in [-0.15, -0.1) is 0 Å². The lowest BCUT2D eigenvalue weighted by molar-refractivity contribution is -0.131. The van der Waals surface area contributed by atoms with Gasteiger partial charge in [0.25, 0.3) is 5.91 Å². The second-order valence-corrected chi connectivity index (χ2v) is 12.4. The molecular weight excluding hydrogens is 564 g/mol. The third-order valence-electron chi connectivity index (χ3n) is 6.32. The van der Waals surface area contributed by atoms with Gasteiger partial charge in [-0.3, -0.25) is 10.1 Å². The first kappa shape index (κ1) is 27.7. The molecule has 2 aromatic carbocycles. The van der Waals surface area contributed by atoms with Crippen LogP contribution in [0, 0.1) is 0 Å². The van der Waals surface area contributed by atoms with Crippen molar-refractivity contribution >= 4 is 44.2 Å². The minimum atomic E-state index is -3.39. The van der Waals surface area contributed by atoms with Crippen LogP contribution in [0.5, 0.6) is 10.8 Å². The predicted molar refractivity (Wildman–Crippen MR) is 141 cm³/mol. The number of thiazole rings is 1. The lowest BCUT2D eigenvalue weighted by Crippen LogP contribution is -2.28. The predicted octanol–water partition coefficient (Wildman–Crippen LogP) is 3.75. The van der Waals surface area contributed by atoms with Crippen LogP contribution in [0.3, 0.4) is 0 Å². The molecule has 1 saturated heterocycles. The molecule has 1 unspecified atom stereocenters. The molecule has 5 rings (SSSR count). The van der Waals surface area contributed by atoms with Crippen molar-refractivity contribution in [3.63, 3.8) is 0 Å². The summed E-state index contributed by atoms with van der Waals surface area (Å²) >= 11 is 0.897. The van der Waals surface area contributed by atoms with E-state index in [1.54, 1.807) is 12.1 Å². The number of hydrogen-bond donors (Lipinski definition) is 3. The molecule has 1 aliphatic carbocycles. The fourth-order valence-corrected chi connectivity index (χ4v) is 6.51. The van der Waals surface area contributed by atoms with Gasteiger partial charge in [-0.25, -0.2) is 23.0 Å². The number of benzene rings is 2. The Kier molecular flexibility index (Phi) is 7.85. The summed E-state index contributed by atoms with van der Waals surface area (Å²) in [6.07, 6.45) is 1.70. The average Bonchev–Trinajstić information content (AvgIpc) is 3.51. The lowest BCUT2D eigenvalue weighted by Gasteiger charge is -2.21. The first-order valence-electron chi connectivity index (χ1n) is 12.2. The van der Waals surface area contributed by atoms with Gasteiger partial charge in [0, 0.05) is 6.61 Å². The van der Waals surface area contributed by atoms with E-state index in [2.05, 4.69) is 10.3 Å². The van der Waals surface area contributed by atoms with Gasteiger partial charge in [0.05, 0.1) is 34.6 Å². The molecule has 1 aromatic heterocycles. The molecule has 0 radical (unpaired) electrons. The highest BCUT2D eigenvalue weighted by Crippen LogP contribution is 2.36. The third-order valence-corrected chi connectivity index (χ3v) is 9.39. The zero-order chi connectivity index (χ0) is 28.4. The topological polar surface area (TPSA) is 178 Å². The first-order valence-corrected chi connectivity index (χ1v) is 14.6. The van der Waals surface area contributed by atoms with Crippen LogP contribution in [0.15, 0.2) is 53.6 Å². The van der Waals surface area contributed by atoms with Crippen LogP contribution in [0.1, 0.15) is 51.6 Å². The van der Waals surface area contributed by atoms with Gasteiger partial charge < -0.3 is 24.4 Å². The van der Waals surface area contributed by atoms with Crippen molar-refractivity contribution in [2.24, 2.45) is 0 Å². The first-order chi connectivity index (χ1) is 19.1. The normalized spacial score (nSPS) is 17.8. The minimum absolute atomic E-state index is 0.108. The summed E-state index contributed by atoms with van der Waals surface area (Å²) < 4.78 is 42.1. The largest absolute Gasteiger partial charge is 0.478 e. The molecule has 2 atom stereocenters. The number of carboxylic acid groups (broad SMARTS) is 2. The SMILES string of the molecule is O=C(O)c1cccc(Oc2cnc(NC(=O)C(O[C@@H]3CCOC3)c3ccc(S(=O)(=O)C4CC4)cc3)s2)c1C(=O)O. The number of sulfone groups is 1. The van der Waals surface area contributed by atoms with Crippen molar-refractivity contribution in [2.45, 2.75) is 41.6 Å². The number of carbonyl (C=O) groups is 3. The van der Waals surface area contributed by atoms with Gasteiger partial charge in [-0.2, -0.15) is 0 Å². The molecule has 0 spiro atoms. The van der Waals surface area contributed by atoms with Gasteiger partial charge in [0.2, 0.25) is 5.06 Å². The number of nitrogens with one attached hydrogen (secondary N) is 1. The monoisotopic (exact) mass is 588 g/mol. The van der Waals surface area contributed by atoms with E-state index in [0.29, 0.717) is 38.0 Å². The van der Waals surface area contributed by atoms with Crippen molar-refractivity contribution in [1.29, 1.82) is 0 Å². The second kappa shape index (κ2) is 11.3. The Morgan fingerprint density at radius 2 is 1.80 bits per heavy atom. The minimum Gasteiger partial charge on any atom is -0.478 e. The number of aromatic carboxylic acids is 2. The number of nitrogens with zero attached hydrogens (tertiary/aromatic N) is 1. The van der Waals surface area contributed by atoms with E-state index in [1.807, 2.05) is 0 Å². The Morgan fingerprint density at radius 3 is 2.42 bits per heavy atom. The third kappa shape index (κ3) is 5.99. The fourth-order valence-electron chi connectivity index (χ4n) is 4.17. The summed E-state index contributed by atoms with van der Waals surface area (Å²) in [5.74, 6) is -3.66. The maximum atomic E-state index is 13.3. The molecule has 12 nitrogen and oxygen atoms in total. The van der Waals surface area contributed by atoms with Crippen molar-refractivity contribution < 1.29 is 47.2 Å². The summed E-state index contributed by atoms with van der Waals surface area (Å²) in [5.41, 5.74) is -0.507.